The minimum Gasteiger partial charge on any atom is -0.493 e. The lowest BCUT2D eigenvalue weighted by Gasteiger charge is -2.18. The number of alkyl halides is 3. The van der Waals surface area contributed by atoms with Crippen LogP contribution in [0.15, 0.2) is 53.4 Å². The molecule has 0 spiro atoms. The minimum atomic E-state index is -5.12. The van der Waals surface area contributed by atoms with E-state index in [1.807, 2.05) is 0 Å². The standard InChI is InChI=1S/C21H20F3N3O7S/c1-13-25-19(27-35(29,30)17-10-6-5-9-16(17)34-21(22,23)24)18(20(26-13)32-12-11-28)33-15-8-4-3-7-14(15)31-2/h3-10,28H,11-12H2,1-2H3,(H,25,26,27). The average molecular weight is 515 g/mol. The zero-order valence-corrected chi connectivity index (χ0v) is 19.2. The third-order valence-corrected chi connectivity index (χ3v) is 5.53. The Kier molecular flexibility index (Phi) is 7.86. The summed E-state index contributed by atoms with van der Waals surface area (Å²) >= 11 is 0. The van der Waals surface area contributed by atoms with Gasteiger partial charge >= 0.3 is 6.36 Å². The van der Waals surface area contributed by atoms with E-state index in [1.165, 1.54) is 32.2 Å². The molecule has 0 aliphatic carbocycles. The second-order valence-electron chi connectivity index (χ2n) is 6.68. The fourth-order valence-electron chi connectivity index (χ4n) is 2.81. The van der Waals surface area contributed by atoms with Gasteiger partial charge in [-0.05, 0) is 31.2 Å². The van der Waals surface area contributed by atoms with E-state index in [-0.39, 0.29) is 42.2 Å². The maximum absolute atomic E-state index is 13.1. The number of aromatic nitrogens is 2. The average Bonchev–Trinajstić information content (AvgIpc) is 2.78. The van der Waals surface area contributed by atoms with Gasteiger partial charge in [0.2, 0.25) is 5.75 Å². The molecule has 0 amide bonds. The quantitative estimate of drug-likeness (QED) is 0.416. The van der Waals surface area contributed by atoms with Gasteiger partial charge in [-0.3, -0.25) is 4.72 Å². The van der Waals surface area contributed by atoms with Crippen LogP contribution in [0.1, 0.15) is 5.82 Å². The van der Waals surface area contributed by atoms with E-state index in [1.54, 1.807) is 18.2 Å². The molecule has 0 fully saturated rings. The Balaban J connectivity index is 2.10. The monoisotopic (exact) mass is 515 g/mol. The van der Waals surface area contributed by atoms with Crippen molar-refractivity contribution in [2.45, 2.75) is 18.2 Å². The summed E-state index contributed by atoms with van der Waals surface area (Å²) in [5.41, 5.74) is 0. The Morgan fingerprint density at radius 2 is 1.63 bits per heavy atom. The number of halogens is 3. The molecule has 0 saturated heterocycles. The first kappa shape index (κ1) is 25.8. The molecule has 0 unspecified atom stereocenters. The number of ether oxygens (including phenoxy) is 4. The van der Waals surface area contributed by atoms with Gasteiger partial charge in [0.15, 0.2) is 17.3 Å². The van der Waals surface area contributed by atoms with Gasteiger partial charge in [-0.1, -0.05) is 24.3 Å². The first-order chi connectivity index (χ1) is 16.5. The summed E-state index contributed by atoms with van der Waals surface area (Å²) in [5, 5.41) is 9.14. The van der Waals surface area contributed by atoms with Crippen molar-refractivity contribution in [2.24, 2.45) is 0 Å². The highest BCUT2D eigenvalue weighted by molar-refractivity contribution is 7.92. The largest absolute Gasteiger partial charge is 0.573 e. The molecule has 10 nitrogen and oxygen atoms in total. The molecule has 0 bridgehead atoms. The number of aliphatic hydroxyl groups excluding tert-OH is 1. The van der Waals surface area contributed by atoms with Crippen molar-refractivity contribution >= 4 is 15.8 Å². The number of rotatable bonds is 10. The number of methoxy groups -OCH3 is 1. The van der Waals surface area contributed by atoms with E-state index in [4.69, 9.17) is 19.3 Å². The van der Waals surface area contributed by atoms with E-state index in [2.05, 4.69) is 19.4 Å². The number of hydrogen-bond donors (Lipinski definition) is 2. The highest BCUT2D eigenvalue weighted by atomic mass is 32.2. The van der Waals surface area contributed by atoms with Crippen LogP contribution in [-0.4, -0.2) is 50.2 Å². The van der Waals surface area contributed by atoms with E-state index in [0.29, 0.717) is 0 Å². The molecule has 0 atom stereocenters. The third kappa shape index (κ3) is 6.64. The van der Waals surface area contributed by atoms with Gasteiger partial charge in [-0.2, -0.15) is 4.98 Å². The van der Waals surface area contributed by atoms with Crippen molar-refractivity contribution in [3.05, 3.63) is 54.4 Å². The summed E-state index contributed by atoms with van der Waals surface area (Å²) in [6.45, 7) is 0.824. The molecule has 0 saturated carbocycles. The van der Waals surface area contributed by atoms with E-state index < -0.39 is 32.8 Å². The molecule has 14 heteroatoms. The molecule has 3 aromatic rings. The number of nitrogens with one attached hydrogen (secondary N) is 1. The lowest BCUT2D eigenvalue weighted by molar-refractivity contribution is -0.275. The van der Waals surface area contributed by atoms with Crippen LogP contribution in [0.2, 0.25) is 0 Å². The van der Waals surface area contributed by atoms with Crippen molar-refractivity contribution in [1.82, 2.24) is 9.97 Å². The minimum absolute atomic E-state index is 0.0443. The Morgan fingerprint density at radius 1 is 1.00 bits per heavy atom. The Bertz CT molecular complexity index is 1290. The molecule has 0 aliphatic rings. The van der Waals surface area contributed by atoms with Gasteiger partial charge in [-0.25, -0.2) is 13.4 Å². The van der Waals surface area contributed by atoms with Crippen molar-refractivity contribution < 1.29 is 45.6 Å². The summed E-state index contributed by atoms with van der Waals surface area (Å²) in [4.78, 5) is 7.31. The summed E-state index contributed by atoms with van der Waals surface area (Å²) in [6, 6.07) is 10.6. The van der Waals surface area contributed by atoms with Gasteiger partial charge in [0.05, 0.1) is 13.7 Å². The predicted octanol–water partition coefficient (Wildman–Crippen LogP) is 3.66. The highest BCUT2D eigenvalue weighted by Crippen LogP contribution is 2.41. The number of nitrogens with zero attached hydrogens (tertiary/aromatic N) is 2. The lowest BCUT2D eigenvalue weighted by atomic mass is 10.3. The van der Waals surface area contributed by atoms with Crippen LogP contribution in [0.25, 0.3) is 0 Å². The van der Waals surface area contributed by atoms with E-state index in [9.17, 15) is 21.6 Å². The molecule has 2 N–H and O–H groups in total. The first-order valence-corrected chi connectivity index (χ1v) is 11.3. The normalized spacial score (nSPS) is 11.6. The Hall–Kier alpha value is -3.78. The fourth-order valence-corrected chi connectivity index (χ4v) is 3.95. The summed E-state index contributed by atoms with van der Waals surface area (Å²) in [6.07, 6.45) is -5.12. The van der Waals surface area contributed by atoms with Gasteiger partial charge in [0.25, 0.3) is 15.9 Å². The van der Waals surface area contributed by atoms with Gasteiger partial charge in [0.1, 0.15) is 23.1 Å². The number of anilines is 1. The van der Waals surface area contributed by atoms with Gasteiger partial charge in [-0.15, -0.1) is 13.2 Å². The summed E-state index contributed by atoms with van der Waals surface area (Å²) in [5.74, 6) is -1.46. The molecule has 188 valence electrons. The number of para-hydroxylation sites is 3. The zero-order chi connectivity index (χ0) is 25.6. The number of aliphatic hydroxyl groups is 1. The number of sulfonamides is 1. The molecule has 35 heavy (non-hydrogen) atoms. The Labute approximate surface area is 198 Å². The SMILES string of the molecule is COc1ccccc1Oc1c(NS(=O)(=O)c2ccccc2OC(F)(F)F)nc(C)nc1OCCO. The molecule has 0 radical (unpaired) electrons. The molecular weight excluding hydrogens is 495 g/mol. The first-order valence-electron chi connectivity index (χ1n) is 9.85. The van der Waals surface area contributed by atoms with Crippen LogP contribution < -0.4 is 23.7 Å². The van der Waals surface area contributed by atoms with Gasteiger partial charge in [0, 0.05) is 0 Å². The number of benzene rings is 2. The molecule has 1 heterocycles. The van der Waals surface area contributed by atoms with Crippen molar-refractivity contribution in [2.75, 3.05) is 25.0 Å². The maximum Gasteiger partial charge on any atom is 0.573 e. The van der Waals surface area contributed by atoms with Gasteiger partial charge < -0.3 is 24.1 Å². The number of hydrogen-bond acceptors (Lipinski definition) is 9. The molecule has 1 aromatic heterocycles. The fraction of sp³-hybridized carbons (Fsp3) is 0.238. The molecular formula is C21H20F3N3O7S. The van der Waals surface area contributed by atoms with Crippen LogP contribution in [0.4, 0.5) is 19.0 Å². The summed E-state index contributed by atoms with van der Waals surface area (Å²) < 4.78 is 87.0. The van der Waals surface area contributed by atoms with Crippen LogP contribution in [-0.2, 0) is 10.0 Å². The van der Waals surface area contributed by atoms with Crippen molar-refractivity contribution in [3.8, 4) is 28.9 Å². The lowest BCUT2D eigenvalue weighted by Crippen LogP contribution is -2.21. The molecule has 3 rings (SSSR count). The van der Waals surface area contributed by atoms with Crippen molar-refractivity contribution in [1.29, 1.82) is 0 Å². The van der Waals surface area contributed by atoms with Crippen LogP contribution in [0, 0.1) is 6.92 Å². The molecule has 0 aliphatic heterocycles. The second-order valence-corrected chi connectivity index (χ2v) is 8.33. The molecule has 2 aromatic carbocycles. The highest BCUT2D eigenvalue weighted by Gasteiger charge is 2.34. The van der Waals surface area contributed by atoms with Crippen LogP contribution in [0.5, 0.6) is 28.9 Å². The summed E-state index contributed by atoms with van der Waals surface area (Å²) in [7, 11) is -3.30. The van der Waals surface area contributed by atoms with E-state index in [0.717, 1.165) is 12.1 Å². The topological polar surface area (TPSA) is 129 Å². The Morgan fingerprint density at radius 3 is 2.26 bits per heavy atom. The van der Waals surface area contributed by atoms with E-state index >= 15 is 0 Å². The third-order valence-electron chi connectivity index (χ3n) is 4.15. The van der Waals surface area contributed by atoms with Crippen LogP contribution >= 0.6 is 0 Å². The smallest absolute Gasteiger partial charge is 0.493 e. The van der Waals surface area contributed by atoms with Crippen molar-refractivity contribution in [3.63, 3.8) is 0 Å². The number of aryl methyl sites for hydroxylation is 1. The second kappa shape index (κ2) is 10.7. The maximum atomic E-state index is 13.1. The van der Waals surface area contributed by atoms with Crippen LogP contribution in [0.3, 0.4) is 0 Å². The zero-order valence-electron chi connectivity index (χ0n) is 18.4. The predicted molar refractivity (Wildman–Crippen MR) is 116 cm³/mol.